The van der Waals surface area contributed by atoms with E-state index in [1.807, 2.05) is 0 Å². The van der Waals surface area contributed by atoms with Crippen molar-refractivity contribution >= 4 is 17.8 Å². The van der Waals surface area contributed by atoms with Crippen LogP contribution in [0, 0.1) is 5.92 Å². The molecule has 2 N–H and O–H groups in total. The van der Waals surface area contributed by atoms with Gasteiger partial charge in [-0.05, 0) is 39.3 Å². The summed E-state index contributed by atoms with van der Waals surface area (Å²) in [5, 5.41) is 16.0. The van der Waals surface area contributed by atoms with Crippen LogP contribution in [0.3, 0.4) is 0 Å². The van der Waals surface area contributed by atoms with E-state index in [9.17, 15) is 19.5 Å². The fraction of sp³-hybridized carbons (Fsp3) is 0.400. The van der Waals surface area contributed by atoms with Crippen molar-refractivity contribution < 1.29 is 24.2 Å². The van der Waals surface area contributed by atoms with Crippen LogP contribution in [0.1, 0.15) is 43.6 Å². The molecule has 0 aliphatic carbocycles. The first kappa shape index (κ1) is 21.1. The first-order chi connectivity index (χ1) is 13.0. The number of carboxylic acids is 1. The highest BCUT2D eigenvalue weighted by Crippen LogP contribution is 2.24. The van der Waals surface area contributed by atoms with Crippen LogP contribution in [-0.4, -0.2) is 38.3 Å². The lowest BCUT2D eigenvalue weighted by molar-refractivity contribution is -0.161. The van der Waals surface area contributed by atoms with Crippen LogP contribution in [0.15, 0.2) is 30.5 Å². The second kappa shape index (κ2) is 8.24. The summed E-state index contributed by atoms with van der Waals surface area (Å²) in [6.07, 6.45) is 1.30. The topological polar surface area (TPSA) is 111 Å². The van der Waals surface area contributed by atoms with E-state index in [0.29, 0.717) is 11.3 Å². The van der Waals surface area contributed by atoms with Gasteiger partial charge < -0.3 is 15.2 Å². The number of hydrogen-bond acceptors (Lipinski definition) is 5. The van der Waals surface area contributed by atoms with Crippen LogP contribution in [0.25, 0.3) is 11.3 Å². The number of aryl methyl sites for hydroxylation is 1. The second-order valence-corrected chi connectivity index (χ2v) is 7.51. The molecule has 0 saturated heterocycles. The quantitative estimate of drug-likeness (QED) is 0.582. The molecule has 0 radical (unpaired) electrons. The van der Waals surface area contributed by atoms with E-state index >= 15 is 0 Å². The smallest absolute Gasteiger partial charge is 0.339 e. The van der Waals surface area contributed by atoms with Crippen LogP contribution in [-0.2, 0) is 27.9 Å². The molecule has 150 valence electrons. The van der Waals surface area contributed by atoms with E-state index < -0.39 is 29.4 Å². The summed E-state index contributed by atoms with van der Waals surface area (Å²) in [4.78, 5) is 35.7. The molecule has 8 heteroatoms. The highest BCUT2D eigenvalue weighted by Gasteiger charge is 2.27. The molecule has 0 aliphatic heterocycles. The first-order valence-corrected chi connectivity index (χ1v) is 8.85. The minimum atomic E-state index is -1.06. The van der Waals surface area contributed by atoms with Crippen LogP contribution in [0.4, 0.5) is 0 Å². The third-order valence-corrected chi connectivity index (χ3v) is 3.99. The van der Waals surface area contributed by atoms with Crippen LogP contribution < -0.4 is 5.32 Å². The summed E-state index contributed by atoms with van der Waals surface area (Å²) in [6, 6.07) is 7.13. The molecule has 1 aromatic heterocycles. The maximum Gasteiger partial charge on any atom is 0.339 e. The van der Waals surface area contributed by atoms with Crippen LogP contribution >= 0.6 is 0 Å². The Labute approximate surface area is 163 Å². The van der Waals surface area contributed by atoms with Gasteiger partial charge in [-0.15, -0.1) is 0 Å². The Kier molecular flexibility index (Phi) is 6.23. The van der Waals surface area contributed by atoms with Gasteiger partial charge in [0.05, 0.1) is 11.9 Å². The Morgan fingerprint density at radius 2 is 1.96 bits per heavy atom. The average Bonchev–Trinajstić information content (AvgIpc) is 2.99. The van der Waals surface area contributed by atoms with Crippen molar-refractivity contribution in [3.05, 3.63) is 41.6 Å². The molecule has 2 rings (SSSR count). The fourth-order valence-corrected chi connectivity index (χ4v) is 2.60. The van der Waals surface area contributed by atoms with Crippen molar-refractivity contribution in [2.75, 3.05) is 0 Å². The number of ether oxygens (including phenoxy) is 1. The normalized spacial score (nSPS) is 12.3. The molecule has 1 heterocycles. The van der Waals surface area contributed by atoms with Gasteiger partial charge in [0.1, 0.15) is 17.1 Å². The summed E-state index contributed by atoms with van der Waals surface area (Å²) in [6.45, 7) is 6.91. The van der Waals surface area contributed by atoms with Gasteiger partial charge in [-0.1, -0.05) is 18.2 Å². The van der Waals surface area contributed by atoms with Crippen molar-refractivity contribution in [2.24, 2.45) is 13.0 Å². The van der Waals surface area contributed by atoms with Crippen LogP contribution in [0.5, 0.6) is 0 Å². The van der Waals surface area contributed by atoms with E-state index in [1.165, 1.54) is 17.8 Å². The molecule has 0 spiro atoms. The van der Waals surface area contributed by atoms with Gasteiger partial charge in [-0.2, -0.15) is 5.10 Å². The minimum absolute atomic E-state index is 0.0993. The molecule has 0 unspecified atom stereocenters. The fourth-order valence-electron chi connectivity index (χ4n) is 2.60. The third kappa shape index (κ3) is 5.18. The van der Waals surface area contributed by atoms with E-state index in [1.54, 1.807) is 52.1 Å². The monoisotopic (exact) mass is 387 g/mol. The molecule has 0 aliphatic rings. The number of aromatic carboxylic acids is 1. The zero-order valence-corrected chi connectivity index (χ0v) is 16.6. The summed E-state index contributed by atoms with van der Waals surface area (Å²) >= 11 is 0. The average molecular weight is 387 g/mol. The van der Waals surface area contributed by atoms with E-state index in [0.717, 1.165) is 5.56 Å². The number of esters is 1. The van der Waals surface area contributed by atoms with Gasteiger partial charge in [0, 0.05) is 19.2 Å². The van der Waals surface area contributed by atoms with Gasteiger partial charge in [0.2, 0.25) is 5.91 Å². The van der Waals surface area contributed by atoms with Gasteiger partial charge in [-0.3, -0.25) is 14.3 Å². The maximum atomic E-state index is 12.3. The Balaban J connectivity index is 2.10. The number of carbonyl (C=O) groups is 3. The lowest BCUT2D eigenvalue weighted by Gasteiger charge is -2.22. The second-order valence-electron chi connectivity index (χ2n) is 7.51. The van der Waals surface area contributed by atoms with Crippen molar-refractivity contribution in [1.82, 2.24) is 15.1 Å². The van der Waals surface area contributed by atoms with Crippen LogP contribution in [0.2, 0.25) is 0 Å². The minimum Gasteiger partial charge on any atom is -0.478 e. The highest BCUT2D eigenvalue weighted by molar-refractivity contribution is 5.97. The lowest BCUT2D eigenvalue weighted by atomic mass is 10.0. The number of carbonyl (C=O) groups excluding carboxylic acids is 2. The number of nitrogens with one attached hydrogen (secondary N) is 1. The van der Waals surface area contributed by atoms with Gasteiger partial charge in [0.25, 0.3) is 0 Å². The molecule has 1 amide bonds. The van der Waals surface area contributed by atoms with E-state index in [-0.39, 0.29) is 12.1 Å². The number of aromatic nitrogens is 2. The molecule has 8 nitrogen and oxygen atoms in total. The summed E-state index contributed by atoms with van der Waals surface area (Å²) in [5.74, 6) is -3.02. The predicted molar refractivity (Wildman–Crippen MR) is 102 cm³/mol. The standard InChI is InChI=1S/C20H25N3O5/c1-12(19(27)28-20(2,3)4)17(24)21-10-13-7-6-8-14(9-13)16-15(18(25)26)11-22-23(16)5/h6-9,11-12H,10H2,1-5H3,(H,21,24)(H,25,26)/t12-/m0/s1. The van der Waals surface area contributed by atoms with Gasteiger partial charge in [-0.25, -0.2) is 4.79 Å². The molecular formula is C20H25N3O5. The summed E-state index contributed by atoms with van der Waals surface area (Å²) in [7, 11) is 1.67. The molecule has 28 heavy (non-hydrogen) atoms. The lowest BCUT2D eigenvalue weighted by Crippen LogP contribution is -2.37. The van der Waals surface area contributed by atoms with Crippen molar-refractivity contribution in [2.45, 2.75) is 39.8 Å². The number of nitrogens with zero attached hydrogens (tertiary/aromatic N) is 2. The highest BCUT2D eigenvalue weighted by atomic mass is 16.6. The number of amides is 1. The summed E-state index contributed by atoms with van der Waals surface area (Å²) < 4.78 is 6.72. The SMILES string of the molecule is C[C@@H](C(=O)NCc1cccc(-c2c(C(=O)O)cnn2C)c1)C(=O)OC(C)(C)C. The Bertz CT molecular complexity index is 895. The molecule has 1 aromatic carbocycles. The van der Waals surface area contributed by atoms with Crippen molar-refractivity contribution in [3.63, 3.8) is 0 Å². The molecule has 0 fully saturated rings. The Hall–Kier alpha value is -3.16. The Morgan fingerprint density at radius 1 is 1.29 bits per heavy atom. The van der Waals surface area contributed by atoms with Crippen molar-refractivity contribution in [3.8, 4) is 11.3 Å². The van der Waals surface area contributed by atoms with Gasteiger partial charge >= 0.3 is 11.9 Å². The molecule has 0 bridgehead atoms. The first-order valence-electron chi connectivity index (χ1n) is 8.85. The third-order valence-electron chi connectivity index (χ3n) is 3.99. The zero-order chi connectivity index (χ0) is 21.1. The number of rotatable bonds is 6. The van der Waals surface area contributed by atoms with E-state index in [2.05, 4.69) is 10.4 Å². The molecule has 0 saturated carbocycles. The van der Waals surface area contributed by atoms with Gasteiger partial charge in [0.15, 0.2) is 0 Å². The molecule has 1 atom stereocenters. The molecular weight excluding hydrogens is 362 g/mol. The maximum absolute atomic E-state index is 12.3. The van der Waals surface area contributed by atoms with Crippen molar-refractivity contribution in [1.29, 1.82) is 0 Å². The number of benzene rings is 1. The molecule has 2 aromatic rings. The number of carboxylic acid groups (broad SMARTS) is 1. The predicted octanol–water partition coefficient (Wildman–Crippen LogP) is 2.38. The zero-order valence-electron chi connectivity index (χ0n) is 16.6. The number of hydrogen-bond donors (Lipinski definition) is 2. The summed E-state index contributed by atoms with van der Waals surface area (Å²) in [5.41, 5.74) is 1.35. The van der Waals surface area contributed by atoms with E-state index in [4.69, 9.17) is 4.74 Å². The largest absolute Gasteiger partial charge is 0.478 e. The Morgan fingerprint density at radius 3 is 2.57 bits per heavy atom.